The van der Waals surface area contributed by atoms with Crippen LogP contribution in [0.5, 0.6) is 11.5 Å². The number of ketones is 2. The second-order valence-corrected chi connectivity index (χ2v) is 38.3. The molecular weight excluding hydrogens is 1920 g/mol. The average molecular weight is 2060 g/mol. The Hall–Kier alpha value is -15.6. The summed E-state index contributed by atoms with van der Waals surface area (Å²) >= 11 is 4.61. The maximum atomic E-state index is 13.1. The molecule has 30 heteroatoms. The molecule has 12 aromatic rings. The third-order valence-corrected chi connectivity index (χ3v) is 19.7. The largest absolute Gasteiger partial charge is 0.499 e. The van der Waals surface area contributed by atoms with E-state index in [1.54, 1.807) is 62.3 Å². The SMILES string of the molecule is C.C.CC(=O)/C(OCc1ccccc1)=C(\O)C(=O)OC(C)(C)C.CC(=O)COCc1ccccc1.CC(C)(C)C.CC1CCCO1.COC(=O)C(=O)Cl.COC(=O)C(=O)OC(C)(C)C.Cc1ccccc1-c1ccccc1CC(=N)N.Cc1ccccc1-c1ccccc1Cc1nc(C(=O)O)c(OCc2ccccc2)c(=O)[nH]1.Cc1ccccc1-c1ccccc1Cc1nc(C(=O)OC(C)(C)C)c(OCc2ccccc2)c(=O)[nH]1. The minimum absolute atomic E-state index is 0. The number of aryl methyl sites for hydroxylation is 3. The molecule has 0 bridgehead atoms. The second-order valence-electron chi connectivity index (χ2n) is 38.0. The Kier molecular flexibility index (Phi) is 55.1. The Morgan fingerprint density at radius 3 is 1.09 bits per heavy atom. The fraction of sp³-hybridized carbons (Fsp3) is 0.328. The summed E-state index contributed by atoms with van der Waals surface area (Å²) in [6.45, 7) is 37.1. The number of nitrogens with one attached hydrogen (secondary N) is 3. The van der Waals surface area contributed by atoms with Gasteiger partial charge in [0.1, 0.15) is 54.9 Å². The smallest absolute Gasteiger partial charge is 0.417 e. The molecule has 0 aliphatic carbocycles. The molecule has 1 aliphatic heterocycles. The third-order valence-electron chi connectivity index (χ3n) is 19.6. The van der Waals surface area contributed by atoms with E-state index in [9.17, 15) is 63.0 Å². The molecule has 3 heterocycles. The van der Waals surface area contributed by atoms with Crippen LogP contribution >= 0.6 is 11.6 Å². The number of carbonyl (C=O) groups is 9. The van der Waals surface area contributed by atoms with Crippen molar-refractivity contribution in [2.45, 2.75) is 228 Å². The number of methoxy groups -OCH3 is 2. The van der Waals surface area contributed by atoms with Crippen molar-refractivity contribution < 1.29 is 101 Å². The standard InChI is InChI=1S/C30H30N2O4.C26H22N2O4.C16H20O5.C15H16N2.C10H12O2.C7H12O4.C5H10O.C5H12.C3H3ClO3.2CH4/c1-20-12-8-10-16-23(20)24-17-11-9-15-22(24)18-25-31-26(29(34)36-30(2,3)4)27(28(33)32-25)35-19-21-13-6-5-7-14-21;1-17-9-5-7-13-20(17)21-14-8-6-12-19(21)15-22-27-23(26(30)31)24(25(29)28-22)32-16-18-10-3-2-4-11-18;1-11(17)14(13(18)15(19)21-16(2,3)4)20-10-12-8-6-5-7-9-12;1-11-6-2-4-8-13(11)14-9-5-3-7-12(14)10-15(16)17;1-9(11)7-12-8-10-5-3-2-4-6-10;1-7(2,3)11-6(9)5(8)10-4;1-5-3-2-4-6-5;1-5(2,3)4;1-7-3(6)2(4)5;;/h5-17H,18-19H2,1-4H3,(H,31,32,33);2-14H,15-16H2,1H3,(H,30,31)(H,27,28,29);5-9,18H,10H2,1-4H3;2-9H,10H2,1H3,(H3,16,17);2-6H,7-8H2,1H3;1-4H3;5H,2-4H2,1H3;1-4H3;1H3;2*1H4/b;;14-13+;;;;;;;;. The van der Waals surface area contributed by atoms with E-state index in [4.69, 9.17) is 44.3 Å². The third kappa shape index (κ3) is 49.4. The number of aliphatic hydroxyl groups is 1. The van der Waals surface area contributed by atoms with E-state index in [1.165, 1.54) is 43.4 Å². The summed E-state index contributed by atoms with van der Waals surface area (Å²) in [5.41, 5.74) is 18.9. The first-order valence-electron chi connectivity index (χ1n) is 47.3. The summed E-state index contributed by atoms with van der Waals surface area (Å²) in [7, 11) is 2.22. The van der Waals surface area contributed by atoms with Crippen LogP contribution in [0.4, 0.5) is 0 Å². The van der Waals surface area contributed by atoms with Crippen LogP contribution < -0.4 is 26.3 Å². The van der Waals surface area contributed by atoms with E-state index in [-0.39, 0.29) is 82.3 Å². The van der Waals surface area contributed by atoms with Gasteiger partial charge in [-0.2, -0.15) is 0 Å². The number of nitrogens with zero attached hydrogens (tertiary/aromatic N) is 2. The van der Waals surface area contributed by atoms with Crippen LogP contribution in [0.15, 0.2) is 288 Å². The van der Waals surface area contributed by atoms with Crippen molar-refractivity contribution >= 4 is 70.1 Å². The van der Waals surface area contributed by atoms with Gasteiger partial charge in [0.2, 0.25) is 23.0 Å². The number of benzene rings is 10. The van der Waals surface area contributed by atoms with E-state index >= 15 is 0 Å². The van der Waals surface area contributed by atoms with E-state index in [0.29, 0.717) is 36.8 Å². The number of allylic oxidation sites excluding steroid dienone is 1. The number of hydrogen-bond acceptors (Lipinski definition) is 25. The number of esters is 5. The van der Waals surface area contributed by atoms with Crippen molar-refractivity contribution in [3.05, 3.63) is 378 Å². The normalized spacial score (nSPS) is 11.6. The van der Waals surface area contributed by atoms with Crippen LogP contribution in [0.25, 0.3) is 33.4 Å². The molecular formula is C119H145ClN6O23. The summed E-state index contributed by atoms with van der Waals surface area (Å²) < 4.78 is 50.2. The number of carbonyl (C=O) groups excluding carboxylic acids is 8. The zero-order valence-corrected chi connectivity index (χ0v) is 88.3. The molecule has 1 atom stereocenters. The molecule has 149 heavy (non-hydrogen) atoms. The van der Waals surface area contributed by atoms with Crippen LogP contribution in [0.2, 0.25) is 0 Å². The Bertz CT molecular complexity index is 6450. The molecule has 0 amide bonds. The zero-order valence-electron chi connectivity index (χ0n) is 87.6. The number of halogens is 1. The predicted molar refractivity (Wildman–Crippen MR) is 583 cm³/mol. The van der Waals surface area contributed by atoms with Gasteiger partial charge in [-0.25, -0.2) is 38.7 Å². The minimum Gasteiger partial charge on any atom is -0.499 e. The number of aromatic amines is 2. The molecule has 29 nitrogen and oxygen atoms in total. The maximum absolute atomic E-state index is 13.1. The molecule has 0 radical (unpaired) electrons. The fourth-order valence-electron chi connectivity index (χ4n) is 13.1. The van der Waals surface area contributed by atoms with Gasteiger partial charge < -0.3 is 73.3 Å². The molecule has 10 aromatic carbocycles. The van der Waals surface area contributed by atoms with Crippen molar-refractivity contribution in [1.82, 2.24) is 19.9 Å². The second kappa shape index (κ2) is 64.4. The first kappa shape index (κ1) is 128. The van der Waals surface area contributed by atoms with Crippen molar-refractivity contribution in [2.24, 2.45) is 11.1 Å². The molecule has 0 spiro atoms. The Morgan fingerprint density at radius 1 is 0.443 bits per heavy atom. The van der Waals surface area contributed by atoms with Gasteiger partial charge in [0.25, 0.3) is 11.1 Å². The van der Waals surface area contributed by atoms with E-state index in [0.717, 1.165) is 93.2 Å². The molecule has 13 rings (SSSR count). The number of nitrogens with two attached hydrogens (primary N) is 1. The fourth-order valence-corrected chi connectivity index (χ4v) is 13.2. The number of ether oxygens (including phenoxy) is 10. The molecule has 1 unspecified atom stereocenters. The Balaban J connectivity index is 0.000000459. The van der Waals surface area contributed by atoms with E-state index < -0.39 is 92.0 Å². The van der Waals surface area contributed by atoms with Crippen LogP contribution in [-0.2, 0) is 117 Å². The summed E-state index contributed by atoms with van der Waals surface area (Å²) in [4.78, 5) is 139. The van der Waals surface area contributed by atoms with Gasteiger partial charge >= 0.3 is 41.1 Å². The summed E-state index contributed by atoms with van der Waals surface area (Å²) in [6, 6.07) is 85.9. The van der Waals surface area contributed by atoms with E-state index in [2.05, 4.69) is 125 Å². The predicted octanol–water partition coefficient (Wildman–Crippen LogP) is 23.3. The van der Waals surface area contributed by atoms with Crippen molar-refractivity contribution in [3.63, 3.8) is 0 Å². The number of rotatable bonds is 27. The highest BCUT2D eigenvalue weighted by Crippen LogP contribution is 2.32. The monoisotopic (exact) mass is 2060 g/mol. The van der Waals surface area contributed by atoms with Crippen LogP contribution in [0.1, 0.15) is 227 Å². The lowest BCUT2D eigenvalue weighted by Crippen LogP contribution is -2.29. The maximum Gasteiger partial charge on any atom is 0.417 e. The lowest BCUT2D eigenvalue weighted by atomic mass is 9.94. The Labute approximate surface area is 880 Å². The van der Waals surface area contributed by atoms with Gasteiger partial charge in [0.15, 0.2) is 23.0 Å². The number of hydrogen-bond donors (Lipinski definition) is 6. The molecule has 796 valence electrons. The van der Waals surface area contributed by atoms with Crippen molar-refractivity contribution in [2.75, 3.05) is 27.4 Å². The average Bonchev–Trinajstić information content (AvgIpc) is 1.75. The van der Waals surface area contributed by atoms with E-state index in [1.807, 2.05) is 244 Å². The number of aromatic carboxylic acids is 1. The van der Waals surface area contributed by atoms with Gasteiger partial charge in [-0.15, -0.1) is 0 Å². The topological polar surface area (TPSA) is 428 Å². The van der Waals surface area contributed by atoms with Gasteiger partial charge in [0, 0.05) is 32.8 Å². The first-order valence-corrected chi connectivity index (χ1v) is 47.7. The van der Waals surface area contributed by atoms with Crippen molar-refractivity contribution in [1.29, 1.82) is 5.41 Å². The molecule has 1 aliphatic rings. The highest BCUT2D eigenvalue weighted by molar-refractivity contribution is 6.80. The number of H-pyrrole nitrogens is 2. The van der Waals surface area contributed by atoms with Gasteiger partial charge in [-0.1, -0.05) is 309 Å². The van der Waals surface area contributed by atoms with Crippen LogP contribution in [0.3, 0.4) is 0 Å². The molecule has 2 aromatic heterocycles. The molecule has 1 fully saturated rings. The summed E-state index contributed by atoms with van der Waals surface area (Å²) in [5.74, 6) is -7.27. The molecule has 7 N–H and O–H groups in total. The first-order chi connectivity index (χ1) is 69.3. The highest BCUT2D eigenvalue weighted by atomic mass is 35.5. The highest BCUT2D eigenvalue weighted by Gasteiger charge is 2.30. The molecule has 0 saturated carbocycles. The summed E-state index contributed by atoms with van der Waals surface area (Å²) in [6.07, 6.45) is 4.18. The number of Topliss-reactive ketones (excluding diaryl/α,β-unsaturated/α-hetero) is 2. The molecule has 1 saturated heterocycles. The minimum atomic E-state index is -1.31. The number of amidine groups is 1. The number of aliphatic hydroxyl groups excluding tert-OH is 1. The lowest BCUT2D eigenvalue weighted by molar-refractivity contribution is -0.173. The zero-order chi connectivity index (χ0) is 109. The number of carboxylic acids is 1. The summed E-state index contributed by atoms with van der Waals surface area (Å²) in [5, 5.41) is 25.8. The van der Waals surface area contributed by atoms with Crippen molar-refractivity contribution in [3.8, 4) is 44.9 Å². The lowest BCUT2D eigenvalue weighted by Gasteiger charge is -2.20. The quantitative estimate of drug-likeness (QED) is 0.00407. The van der Waals surface area contributed by atoms with Crippen LogP contribution in [-0.4, -0.2) is 139 Å². The number of aromatic nitrogens is 4. The van der Waals surface area contributed by atoms with Crippen LogP contribution in [0, 0.1) is 31.6 Å². The van der Waals surface area contributed by atoms with Gasteiger partial charge in [0.05, 0.1) is 32.8 Å². The number of carboxylic acid groups (broad SMARTS) is 1. The van der Waals surface area contributed by atoms with Gasteiger partial charge in [-0.3, -0.25) is 29.4 Å². The Morgan fingerprint density at radius 2 is 0.772 bits per heavy atom. The van der Waals surface area contributed by atoms with Gasteiger partial charge in [-0.05, 0) is 216 Å².